The fraction of sp³-hybridized carbons (Fsp3) is 0.753. The molecule has 0 unspecified atom stereocenters. The summed E-state index contributed by atoms with van der Waals surface area (Å²) in [5.74, 6) is -3.73. The zero-order chi connectivity index (χ0) is 92.5. The number of hydrogen-bond acceptors (Lipinski definition) is 22. The highest BCUT2D eigenvalue weighted by Gasteiger charge is 2.35. The summed E-state index contributed by atoms with van der Waals surface area (Å²) in [6, 6.07) is -1.48. The highest BCUT2D eigenvalue weighted by Crippen LogP contribution is 2.22. The molecule has 2 heterocycles. The van der Waals surface area contributed by atoms with Crippen molar-refractivity contribution in [2.75, 3.05) is 67.2 Å². The van der Waals surface area contributed by atoms with Crippen LogP contribution in [-0.4, -0.2) is 200 Å². The first kappa shape index (κ1) is 109. The monoisotopic (exact) mass is 1770 g/mol. The van der Waals surface area contributed by atoms with Gasteiger partial charge in [-0.2, -0.15) is 21.7 Å². The molecule has 1 aromatic carbocycles. The number of nitrogen functional groups attached to an aromatic ring is 1. The summed E-state index contributed by atoms with van der Waals surface area (Å²) in [7, 11) is 0. The van der Waals surface area contributed by atoms with Crippen LogP contribution in [0.25, 0.3) is 11.2 Å². The Hall–Kier alpha value is -9.15. The fourth-order valence-electron chi connectivity index (χ4n) is 12.7. The molecular weight excluding hydrogens is 1610 g/mol. The molecule has 0 aliphatic rings. The maximum Gasteiger partial charge on any atom is 0.407 e. The van der Waals surface area contributed by atoms with Gasteiger partial charge in [0.2, 0.25) is 47.3 Å². The van der Waals surface area contributed by atoms with Gasteiger partial charge in [-0.3, -0.25) is 38.1 Å². The third kappa shape index (κ3) is 50.1. The summed E-state index contributed by atoms with van der Waals surface area (Å²) < 4.78 is 29.4. The zero-order valence-electron chi connectivity index (χ0n) is 77.9. The van der Waals surface area contributed by atoms with Crippen LogP contribution in [0.15, 0.2) is 29.1 Å². The number of aromatic nitrogens is 4. The predicted octanol–water partition coefficient (Wildman–Crippen LogP) is 13.0. The molecule has 0 bridgehead atoms. The number of unbranched alkanes of at least 4 members (excludes halogenated alkanes) is 17. The van der Waals surface area contributed by atoms with Crippen molar-refractivity contribution >= 4 is 106 Å². The number of alkyl carbamates (subject to hydrolysis) is 4. The molecule has 35 heteroatoms. The molecule has 0 spiro atoms. The lowest BCUT2D eigenvalue weighted by Gasteiger charge is -2.29. The Kier molecular flexibility index (Phi) is 50.5. The van der Waals surface area contributed by atoms with Gasteiger partial charge in [-0.25, -0.2) is 24.0 Å². The molecule has 0 fully saturated rings. The number of nitrogens with one attached hydrogen (secondary N) is 13. The van der Waals surface area contributed by atoms with Gasteiger partial charge in [0.05, 0.1) is 18.8 Å². The number of hydrogen-bond donors (Lipinski definition) is 14. The molecule has 0 aliphatic carbocycles. The summed E-state index contributed by atoms with van der Waals surface area (Å²) in [5.41, 5.74) is 3.27. The van der Waals surface area contributed by atoms with E-state index in [4.69, 9.17) is 29.4 Å². The third-order valence-corrected chi connectivity index (χ3v) is 20.3. The molecule has 34 nitrogen and oxygen atoms in total. The first-order valence-electron chi connectivity index (χ1n) is 45.2. The number of rotatable bonds is 59. The van der Waals surface area contributed by atoms with Gasteiger partial charge in [0.25, 0.3) is 0 Å². The second kappa shape index (κ2) is 57.5. The lowest BCUT2D eigenvalue weighted by Crippen LogP contribution is -2.60. The smallest absolute Gasteiger partial charge is 0.407 e. The second-order valence-electron chi connectivity index (χ2n) is 36.7. The van der Waals surface area contributed by atoms with Crippen LogP contribution in [0.3, 0.4) is 0 Å². The van der Waals surface area contributed by atoms with E-state index in [0.717, 1.165) is 44.9 Å². The Morgan fingerprint density at radius 3 is 1.18 bits per heavy atom. The normalized spacial score (nSPS) is 13.3. The minimum atomic E-state index is -1.47. The second-order valence-corrected chi connectivity index (χ2v) is 37.9. The van der Waals surface area contributed by atoms with Crippen LogP contribution in [0, 0.1) is 0 Å². The van der Waals surface area contributed by atoms with Crippen LogP contribution >= 0.6 is 11.8 Å². The number of carbonyl (C=O) groups is 11. The molecule has 11 amide bonds. The number of amides is 11. The van der Waals surface area contributed by atoms with Gasteiger partial charge in [0.15, 0.2) is 11.5 Å². The Labute approximate surface area is 740 Å². The first-order chi connectivity index (χ1) is 58.4. The lowest BCUT2D eigenvalue weighted by atomic mass is 10.0. The average molecular weight is 1770 g/mol. The summed E-state index contributed by atoms with van der Waals surface area (Å²) in [6.45, 7) is 32.9. The van der Waals surface area contributed by atoms with E-state index in [-0.39, 0.29) is 151 Å². The molecule has 3 rings (SSSR count). The molecule has 0 aliphatic heterocycles. The molecule has 0 saturated carbocycles. The van der Waals surface area contributed by atoms with Crippen molar-refractivity contribution in [3.05, 3.63) is 40.3 Å². The summed E-state index contributed by atoms with van der Waals surface area (Å²) in [5, 5.41) is 34.1. The predicted molar refractivity (Wildman–Crippen MR) is 488 cm³/mol. The molecule has 124 heavy (non-hydrogen) atoms. The molecule has 3 aromatic rings. The largest absolute Gasteiger partial charge is 0.444 e. The number of imidazole rings is 1. The van der Waals surface area contributed by atoms with Gasteiger partial charge in [-0.15, -0.1) is 0 Å². The standard InChI is InChI=1S/C89H155N17O17S/c1-19-22-24-25-26-27-28-29-30-31-32-33-34-47-69(107)97-68(60-124-57-21-3)78(113)102-67(59-119-85(4,5)6)77(112)101-66(46-38-42-56-95-84(118)123-89(16,17)18)76(111)100-65(45-37-41-55-94-83(117)122-88(13,14)15)75(110)99-64(44-36-40-54-93-82(116)121-87(10,11)12)74(109)98-63(43-35-39-53-92-81(115)120-86(7,8)9)73(108)96-62-50-48-61(49-51-62)58-106-72-70(103-80(106)114)71(90)104-79(105-72)91-52-23-20-2/h48-51,63-68H,19-47,52-60H2,1-18H3,(H,92,115)(H,93,116)(H,94,117)(H,95,118)(H,96,108)(H,97,107)(H,98,109)(H,99,110)(H,100,111)(H,101,112)(H,102,113)(H,103,114)(H3,90,91,104,105)/t63-,64-,65-,66-,67-,68-/m0/s1. The minimum absolute atomic E-state index is 0.0116. The van der Waals surface area contributed by atoms with Crippen LogP contribution in [0.5, 0.6) is 0 Å². The van der Waals surface area contributed by atoms with E-state index in [1.165, 1.54) is 67.7 Å². The van der Waals surface area contributed by atoms with Crippen molar-refractivity contribution in [2.45, 2.75) is 382 Å². The van der Waals surface area contributed by atoms with Crippen LogP contribution < -0.4 is 75.2 Å². The minimum Gasteiger partial charge on any atom is -0.444 e. The SMILES string of the molecule is CCCCCCCCCCCCCCCC(=O)N[C@@H](CSCCC)C(=O)N[C@@H](COC(C)(C)C)C(=O)N[C@@H](CCCCNC(=O)OC(C)(C)C)C(=O)N[C@@H](CCCCNC(=O)OC(C)(C)C)C(=O)N[C@@H](CCCCNC(=O)OC(C)(C)C)C(=O)N[C@@H](CCCCNC(=O)OC(C)(C)C)C(=O)Nc1ccc(Cn2c(=O)[nH]c3c(N)nc(NCCCC)nc32)cc1. The first-order valence-corrected chi connectivity index (χ1v) is 46.3. The zero-order valence-corrected chi connectivity index (χ0v) is 78.7. The molecule has 15 N–H and O–H groups in total. The van der Waals surface area contributed by atoms with E-state index in [1.54, 1.807) is 128 Å². The topological polar surface area (TPSA) is 468 Å². The quantitative estimate of drug-likeness (QED) is 0.0184. The number of ether oxygens (including phenoxy) is 5. The van der Waals surface area contributed by atoms with Crippen molar-refractivity contribution in [3.8, 4) is 0 Å². The van der Waals surface area contributed by atoms with Gasteiger partial charge in [-0.1, -0.05) is 116 Å². The number of fused-ring (bicyclic) bond motifs is 1. The molecule has 0 saturated heterocycles. The third-order valence-electron chi connectivity index (χ3n) is 19.0. The van der Waals surface area contributed by atoms with Crippen LogP contribution in [0.2, 0.25) is 0 Å². The molecule has 6 atom stereocenters. The fourth-order valence-corrected chi connectivity index (χ4v) is 13.6. The van der Waals surface area contributed by atoms with Gasteiger partial charge in [0.1, 0.15) is 64.2 Å². The van der Waals surface area contributed by atoms with Crippen molar-refractivity contribution in [1.82, 2.24) is 72.7 Å². The highest BCUT2D eigenvalue weighted by atomic mass is 32.2. The number of thioether (sulfide) groups is 1. The van der Waals surface area contributed by atoms with Gasteiger partial charge in [0, 0.05) is 50.6 Å². The van der Waals surface area contributed by atoms with Gasteiger partial charge >= 0.3 is 30.1 Å². The van der Waals surface area contributed by atoms with Crippen molar-refractivity contribution in [2.24, 2.45) is 0 Å². The number of H-pyrrole nitrogens is 1. The van der Waals surface area contributed by atoms with Crippen molar-refractivity contribution in [3.63, 3.8) is 0 Å². The molecular formula is C89H155N17O17S. The van der Waals surface area contributed by atoms with E-state index in [9.17, 15) is 38.4 Å². The Morgan fingerprint density at radius 2 is 0.790 bits per heavy atom. The Morgan fingerprint density at radius 1 is 0.419 bits per heavy atom. The number of anilines is 3. The maximum absolute atomic E-state index is 15.4. The summed E-state index contributed by atoms with van der Waals surface area (Å²) in [6.07, 6.45) is 16.6. The number of nitrogens with two attached hydrogens (primary N) is 1. The van der Waals surface area contributed by atoms with E-state index in [0.29, 0.717) is 36.4 Å². The highest BCUT2D eigenvalue weighted by molar-refractivity contribution is 7.99. The van der Waals surface area contributed by atoms with Gasteiger partial charge < -0.3 is 98.2 Å². The molecule has 704 valence electrons. The summed E-state index contributed by atoms with van der Waals surface area (Å²) in [4.78, 5) is 180. The van der Waals surface area contributed by atoms with E-state index < -0.39 is 130 Å². The van der Waals surface area contributed by atoms with Crippen LogP contribution in [0.1, 0.15) is 316 Å². The average Bonchev–Trinajstić information content (AvgIpc) is 1.63. The van der Waals surface area contributed by atoms with Crippen LogP contribution in [0.4, 0.5) is 36.6 Å². The van der Waals surface area contributed by atoms with Gasteiger partial charge in [-0.05, 0) is 224 Å². The van der Waals surface area contributed by atoms with Crippen LogP contribution in [-0.2, 0) is 63.8 Å². The van der Waals surface area contributed by atoms with Crippen molar-refractivity contribution < 1.29 is 76.4 Å². The molecule has 0 radical (unpaired) electrons. The Bertz CT molecular complexity index is 3790. The van der Waals surface area contributed by atoms with E-state index >= 15 is 19.2 Å². The van der Waals surface area contributed by atoms with E-state index in [1.807, 2.05) is 13.8 Å². The number of benzene rings is 1. The number of nitrogens with zero attached hydrogens (tertiary/aromatic N) is 3. The lowest BCUT2D eigenvalue weighted by molar-refractivity contribution is -0.137. The Balaban J connectivity index is 2.14. The van der Waals surface area contributed by atoms with Crippen molar-refractivity contribution in [1.29, 1.82) is 0 Å². The number of carbonyl (C=O) groups excluding carboxylic acids is 11. The maximum atomic E-state index is 15.4. The molecule has 2 aromatic heterocycles. The number of aromatic amines is 1. The summed E-state index contributed by atoms with van der Waals surface area (Å²) >= 11 is 1.47. The van der Waals surface area contributed by atoms with E-state index in [2.05, 4.69) is 85.7 Å².